The molecule has 2 aliphatic rings. The molecule has 25 heavy (non-hydrogen) atoms. The van der Waals surface area contributed by atoms with Gasteiger partial charge in [0.05, 0.1) is 0 Å². The number of rotatable bonds is 5. The molecule has 0 radical (unpaired) electrons. The van der Waals surface area contributed by atoms with Crippen LogP contribution in [0.25, 0.3) is 0 Å². The molecule has 1 spiro atoms. The summed E-state index contributed by atoms with van der Waals surface area (Å²) in [5, 5.41) is 12.0. The van der Waals surface area contributed by atoms with Gasteiger partial charge in [-0.3, -0.25) is 14.2 Å². The van der Waals surface area contributed by atoms with Gasteiger partial charge in [0, 0.05) is 24.4 Å². The van der Waals surface area contributed by atoms with E-state index in [1.54, 1.807) is 0 Å². The number of hydrogen-bond acceptors (Lipinski definition) is 4. The maximum absolute atomic E-state index is 12.3. The van der Waals surface area contributed by atoms with E-state index in [1.807, 2.05) is 0 Å². The molecule has 0 unspecified atom stereocenters. The number of carbonyl (C=O) groups is 1. The Hall–Kier alpha value is -2.63. The minimum atomic E-state index is -1.04. The summed E-state index contributed by atoms with van der Waals surface area (Å²) in [6.45, 7) is 0.338. The Labute approximate surface area is 145 Å². The number of hydrogen-bond donors (Lipinski definition) is 2. The van der Waals surface area contributed by atoms with E-state index < -0.39 is 5.97 Å². The first kappa shape index (κ1) is 15.9. The van der Waals surface area contributed by atoms with Crippen LogP contribution in [0.5, 0.6) is 0 Å². The zero-order valence-electron chi connectivity index (χ0n) is 13.9. The first-order valence-corrected chi connectivity index (χ1v) is 8.70. The largest absolute Gasteiger partial charge is 0.480 e. The van der Waals surface area contributed by atoms with Crippen molar-refractivity contribution in [2.24, 2.45) is 5.92 Å². The number of fused-ring (bicyclic) bond motifs is 2. The van der Waals surface area contributed by atoms with Crippen molar-refractivity contribution >= 4 is 11.8 Å². The summed E-state index contributed by atoms with van der Waals surface area (Å²) in [5.41, 5.74) is 2.79. The van der Waals surface area contributed by atoms with E-state index in [-0.39, 0.29) is 23.3 Å². The van der Waals surface area contributed by atoms with E-state index >= 15 is 0 Å². The Kier molecular flexibility index (Phi) is 3.82. The Bertz CT molecular complexity index is 876. The number of nitrogens with one attached hydrogen (secondary N) is 1. The van der Waals surface area contributed by atoms with Gasteiger partial charge in [-0.1, -0.05) is 24.3 Å². The summed E-state index contributed by atoms with van der Waals surface area (Å²) in [7, 11) is 0. The van der Waals surface area contributed by atoms with Gasteiger partial charge in [0.25, 0.3) is 5.56 Å². The second-order valence-electron chi connectivity index (χ2n) is 7.05. The van der Waals surface area contributed by atoms with Crippen molar-refractivity contribution in [1.82, 2.24) is 9.55 Å². The molecule has 2 atom stereocenters. The molecule has 1 aromatic heterocycles. The van der Waals surface area contributed by atoms with Gasteiger partial charge in [-0.25, -0.2) is 4.98 Å². The van der Waals surface area contributed by atoms with Crippen LogP contribution < -0.4 is 10.9 Å². The van der Waals surface area contributed by atoms with E-state index in [9.17, 15) is 9.59 Å². The number of aromatic nitrogens is 2. The quantitative estimate of drug-likeness (QED) is 0.871. The van der Waals surface area contributed by atoms with E-state index in [2.05, 4.69) is 34.6 Å². The zero-order chi connectivity index (χ0) is 17.4. The molecule has 4 rings (SSSR count). The molecule has 6 heteroatoms. The van der Waals surface area contributed by atoms with Crippen LogP contribution in [0.4, 0.5) is 5.82 Å². The van der Waals surface area contributed by atoms with Crippen LogP contribution in [0.1, 0.15) is 30.4 Å². The van der Waals surface area contributed by atoms with Crippen LogP contribution in [0.15, 0.2) is 41.5 Å². The third-order valence-electron chi connectivity index (χ3n) is 5.59. The standard InChI is InChI=1S/C19H21N3O3/c23-16(24)12-22-9-8-20-17(18(22)25)21-11-14-10-19(14)7-3-5-13-4-1-2-6-15(13)19/h1-2,4,6,8-9,14H,3,5,7,10-12H2,(H,20,21)(H,23,24)/t14-,19+/m0/s1. The van der Waals surface area contributed by atoms with Gasteiger partial charge in [0.2, 0.25) is 0 Å². The van der Waals surface area contributed by atoms with E-state index in [0.29, 0.717) is 12.5 Å². The number of aliphatic carboxylic acids is 1. The fourth-order valence-electron chi connectivity index (χ4n) is 4.30. The average molecular weight is 339 g/mol. The Morgan fingerprint density at radius 1 is 1.40 bits per heavy atom. The predicted octanol–water partition coefficient (Wildman–Crippen LogP) is 2.03. The van der Waals surface area contributed by atoms with Crippen molar-refractivity contribution in [2.45, 2.75) is 37.6 Å². The molecule has 2 N–H and O–H groups in total. The molecular weight excluding hydrogens is 318 g/mol. The predicted molar refractivity (Wildman–Crippen MR) is 93.8 cm³/mol. The van der Waals surface area contributed by atoms with Crippen LogP contribution in [0.2, 0.25) is 0 Å². The molecule has 0 saturated heterocycles. The number of benzene rings is 1. The summed E-state index contributed by atoms with van der Waals surface area (Å²) < 4.78 is 1.16. The fraction of sp³-hybridized carbons (Fsp3) is 0.421. The summed E-state index contributed by atoms with van der Waals surface area (Å²) >= 11 is 0. The summed E-state index contributed by atoms with van der Waals surface area (Å²) in [4.78, 5) is 27.2. The smallest absolute Gasteiger partial charge is 0.323 e. The lowest BCUT2D eigenvalue weighted by molar-refractivity contribution is -0.137. The highest BCUT2D eigenvalue weighted by molar-refractivity contribution is 5.66. The van der Waals surface area contributed by atoms with Crippen molar-refractivity contribution in [3.63, 3.8) is 0 Å². The molecule has 0 amide bonds. The molecule has 130 valence electrons. The number of anilines is 1. The summed E-state index contributed by atoms with van der Waals surface area (Å²) in [5.74, 6) is -0.322. The number of carboxylic acid groups (broad SMARTS) is 1. The van der Waals surface area contributed by atoms with Gasteiger partial charge < -0.3 is 10.4 Å². The van der Waals surface area contributed by atoms with Crippen molar-refractivity contribution in [3.8, 4) is 0 Å². The molecule has 1 fully saturated rings. The molecule has 2 aromatic rings. The van der Waals surface area contributed by atoms with E-state index in [1.165, 1.54) is 36.4 Å². The van der Waals surface area contributed by atoms with Crippen LogP contribution in [0.3, 0.4) is 0 Å². The summed E-state index contributed by atoms with van der Waals surface area (Å²) in [6, 6.07) is 8.68. The lowest BCUT2D eigenvalue weighted by Crippen LogP contribution is -2.28. The lowest BCUT2D eigenvalue weighted by atomic mass is 9.78. The van der Waals surface area contributed by atoms with Gasteiger partial charge >= 0.3 is 5.97 Å². The third-order valence-corrected chi connectivity index (χ3v) is 5.59. The van der Waals surface area contributed by atoms with Gasteiger partial charge in [-0.15, -0.1) is 0 Å². The van der Waals surface area contributed by atoms with Gasteiger partial charge in [0.1, 0.15) is 6.54 Å². The maximum Gasteiger partial charge on any atom is 0.323 e. The van der Waals surface area contributed by atoms with Gasteiger partial charge in [0.15, 0.2) is 5.82 Å². The number of nitrogens with zero attached hydrogens (tertiary/aromatic N) is 2. The molecule has 6 nitrogen and oxygen atoms in total. The monoisotopic (exact) mass is 339 g/mol. The van der Waals surface area contributed by atoms with Crippen LogP contribution in [-0.4, -0.2) is 27.2 Å². The third kappa shape index (κ3) is 2.81. The Morgan fingerprint density at radius 2 is 2.24 bits per heavy atom. The van der Waals surface area contributed by atoms with Crippen molar-refractivity contribution in [2.75, 3.05) is 11.9 Å². The van der Waals surface area contributed by atoms with Crippen molar-refractivity contribution < 1.29 is 9.90 Å². The SMILES string of the molecule is O=C(O)Cn1ccnc(NC[C@@H]2C[C@]23CCCc2ccccc23)c1=O. The number of carboxylic acids is 1. The van der Waals surface area contributed by atoms with Crippen LogP contribution in [0, 0.1) is 5.92 Å². The molecular formula is C19H21N3O3. The van der Waals surface area contributed by atoms with E-state index in [4.69, 9.17) is 5.11 Å². The average Bonchev–Trinajstić information content (AvgIpc) is 3.29. The minimum Gasteiger partial charge on any atom is -0.480 e. The maximum atomic E-state index is 12.3. The Balaban J connectivity index is 1.48. The van der Waals surface area contributed by atoms with Crippen molar-refractivity contribution in [1.29, 1.82) is 0 Å². The van der Waals surface area contributed by atoms with E-state index in [0.717, 1.165) is 17.4 Å². The Morgan fingerprint density at radius 3 is 3.08 bits per heavy atom. The highest BCUT2D eigenvalue weighted by Gasteiger charge is 2.56. The van der Waals surface area contributed by atoms with Crippen LogP contribution in [-0.2, 0) is 23.2 Å². The van der Waals surface area contributed by atoms with Gasteiger partial charge in [-0.2, -0.15) is 0 Å². The fourth-order valence-corrected chi connectivity index (χ4v) is 4.30. The highest BCUT2D eigenvalue weighted by Crippen LogP contribution is 2.60. The zero-order valence-corrected chi connectivity index (χ0v) is 13.9. The summed E-state index contributed by atoms with van der Waals surface area (Å²) in [6.07, 6.45) is 7.55. The molecule has 0 aliphatic heterocycles. The minimum absolute atomic E-state index is 0.231. The van der Waals surface area contributed by atoms with Gasteiger partial charge in [-0.05, 0) is 42.7 Å². The van der Waals surface area contributed by atoms with Crippen LogP contribution >= 0.6 is 0 Å². The van der Waals surface area contributed by atoms with Crippen molar-refractivity contribution in [3.05, 3.63) is 58.1 Å². The molecule has 1 heterocycles. The molecule has 1 aromatic carbocycles. The molecule has 1 saturated carbocycles. The lowest BCUT2D eigenvalue weighted by Gasteiger charge is -2.26. The molecule has 0 bridgehead atoms. The topological polar surface area (TPSA) is 84.2 Å². The first-order chi connectivity index (χ1) is 12.1. The second-order valence-corrected chi connectivity index (χ2v) is 7.05. The molecule has 2 aliphatic carbocycles. The first-order valence-electron chi connectivity index (χ1n) is 8.70. The normalized spacial score (nSPS) is 23.9. The highest BCUT2D eigenvalue weighted by atomic mass is 16.4. The second kappa shape index (κ2) is 6.02. The number of aryl methyl sites for hydroxylation is 1.